The summed E-state index contributed by atoms with van der Waals surface area (Å²) in [6.07, 6.45) is 0. The highest BCUT2D eigenvalue weighted by Gasteiger charge is 2.28. The van der Waals surface area contributed by atoms with Gasteiger partial charge in [0.1, 0.15) is 29.6 Å². The Morgan fingerprint density at radius 2 is 1.61 bits per heavy atom. The maximum atomic E-state index is 13.6. The van der Waals surface area contributed by atoms with Gasteiger partial charge < -0.3 is 19.5 Å². The molecule has 0 aliphatic heterocycles. The summed E-state index contributed by atoms with van der Waals surface area (Å²) >= 11 is 0. The molecule has 0 aromatic heterocycles. The molecule has 1 atom stereocenters. The van der Waals surface area contributed by atoms with Gasteiger partial charge in [-0.25, -0.2) is 12.8 Å². The van der Waals surface area contributed by atoms with E-state index in [4.69, 9.17) is 14.2 Å². The fourth-order valence-corrected chi connectivity index (χ4v) is 5.02. The Hall–Kier alpha value is -3.79. The minimum atomic E-state index is -4.17. The summed E-state index contributed by atoms with van der Waals surface area (Å²) in [6, 6.07) is 15.4. The smallest absolute Gasteiger partial charge is 0.264 e. The third kappa shape index (κ3) is 6.25. The van der Waals surface area contributed by atoms with Crippen molar-refractivity contribution in [3.05, 3.63) is 78.1 Å². The summed E-state index contributed by atoms with van der Waals surface area (Å²) in [5, 5.41) is 2.81. The van der Waals surface area contributed by atoms with Crippen LogP contribution in [-0.4, -0.2) is 41.7 Å². The third-order valence-electron chi connectivity index (χ3n) is 5.41. The molecular formula is C26H29FN2O6S. The van der Waals surface area contributed by atoms with Gasteiger partial charge in [-0.3, -0.25) is 9.10 Å². The monoisotopic (exact) mass is 516 g/mol. The molecule has 0 spiro atoms. The lowest BCUT2D eigenvalue weighted by molar-refractivity contribution is -0.120. The normalized spacial score (nSPS) is 11.9. The summed E-state index contributed by atoms with van der Waals surface area (Å²) in [4.78, 5) is 13.0. The zero-order chi connectivity index (χ0) is 26.3. The molecule has 8 nitrogen and oxygen atoms in total. The van der Waals surface area contributed by atoms with Crippen LogP contribution < -0.4 is 23.8 Å². The van der Waals surface area contributed by atoms with Gasteiger partial charge in [-0.2, -0.15) is 0 Å². The predicted octanol–water partition coefficient (Wildman–Crippen LogP) is 4.31. The van der Waals surface area contributed by atoms with E-state index in [2.05, 4.69) is 5.32 Å². The minimum Gasteiger partial charge on any atom is -0.497 e. The van der Waals surface area contributed by atoms with E-state index in [9.17, 15) is 17.6 Å². The molecule has 1 amide bonds. The van der Waals surface area contributed by atoms with Crippen molar-refractivity contribution >= 4 is 21.6 Å². The molecule has 0 saturated heterocycles. The summed E-state index contributed by atoms with van der Waals surface area (Å²) in [5.41, 5.74) is 0.806. The number of benzene rings is 3. The maximum Gasteiger partial charge on any atom is 0.264 e. The number of rotatable bonds is 11. The third-order valence-corrected chi connectivity index (χ3v) is 7.19. The van der Waals surface area contributed by atoms with Gasteiger partial charge in [-0.15, -0.1) is 0 Å². The van der Waals surface area contributed by atoms with E-state index in [0.29, 0.717) is 29.4 Å². The van der Waals surface area contributed by atoms with Crippen LogP contribution in [0.25, 0.3) is 0 Å². The van der Waals surface area contributed by atoms with Crippen molar-refractivity contribution in [1.29, 1.82) is 0 Å². The topological polar surface area (TPSA) is 94.2 Å². The number of ether oxygens (including phenoxy) is 3. The summed E-state index contributed by atoms with van der Waals surface area (Å²) in [7, 11) is -1.13. The number of sulfonamides is 1. The first-order chi connectivity index (χ1) is 17.2. The largest absolute Gasteiger partial charge is 0.497 e. The number of hydrogen-bond donors (Lipinski definition) is 1. The van der Waals surface area contributed by atoms with Gasteiger partial charge in [0, 0.05) is 5.56 Å². The number of carbonyl (C=O) groups is 1. The minimum absolute atomic E-state index is 0.0365. The number of nitrogens with zero attached hydrogens (tertiary/aromatic N) is 1. The summed E-state index contributed by atoms with van der Waals surface area (Å²) in [6.45, 7) is 3.47. The van der Waals surface area contributed by atoms with Crippen LogP contribution in [0.5, 0.6) is 17.2 Å². The number of carbonyl (C=O) groups excluding carboxylic acids is 1. The molecule has 0 heterocycles. The molecule has 1 N–H and O–H groups in total. The van der Waals surface area contributed by atoms with Gasteiger partial charge in [0.25, 0.3) is 10.0 Å². The number of anilines is 1. The summed E-state index contributed by atoms with van der Waals surface area (Å²) in [5.74, 6) is 0.550. The molecule has 0 aliphatic carbocycles. The first-order valence-corrected chi connectivity index (χ1v) is 12.7. The Kier molecular flexibility index (Phi) is 8.76. The van der Waals surface area contributed by atoms with Crippen LogP contribution in [0.3, 0.4) is 0 Å². The van der Waals surface area contributed by atoms with Gasteiger partial charge >= 0.3 is 0 Å². The number of nitrogens with one attached hydrogen (secondary N) is 1. The zero-order valence-electron chi connectivity index (χ0n) is 20.5. The second kappa shape index (κ2) is 11.8. The molecule has 10 heteroatoms. The van der Waals surface area contributed by atoms with Crippen LogP contribution in [0, 0.1) is 5.82 Å². The average Bonchev–Trinajstić information content (AvgIpc) is 2.88. The Balaban J connectivity index is 1.89. The van der Waals surface area contributed by atoms with Crippen LogP contribution in [0.2, 0.25) is 0 Å². The van der Waals surface area contributed by atoms with Crippen LogP contribution in [0.15, 0.2) is 71.6 Å². The fraction of sp³-hybridized carbons (Fsp3) is 0.269. The van der Waals surface area contributed by atoms with Crippen LogP contribution >= 0.6 is 0 Å². The molecule has 3 aromatic carbocycles. The molecule has 0 unspecified atom stereocenters. The van der Waals surface area contributed by atoms with Gasteiger partial charge in [0.2, 0.25) is 5.91 Å². The molecule has 0 aliphatic rings. The summed E-state index contributed by atoms with van der Waals surface area (Å²) < 4.78 is 57.6. The average molecular weight is 517 g/mol. The van der Waals surface area contributed by atoms with Crippen molar-refractivity contribution in [3.63, 3.8) is 0 Å². The van der Waals surface area contributed by atoms with Crippen molar-refractivity contribution in [2.45, 2.75) is 24.8 Å². The van der Waals surface area contributed by atoms with Crippen molar-refractivity contribution < 1.29 is 31.8 Å². The van der Waals surface area contributed by atoms with E-state index in [-0.39, 0.29) is 10.6 Å². The first-order valence-electron chi connectivity index (χ1n) is 11.2. The quantitative estimate of drug-likeness (QED) is 0.408. The molecule has 0 saturated carbocycles. The fourth-order valence-electron chi connectivity index (χ4n) is 3.60. The highest BCUT2D eigenvalue weighted by molar-refractivity contribution is 7.92. The van der Waals surface area contributed by atoms with Gasteiger partial charge in [-0.05, 0) is 80.6 Å². The van der Waals surface area contributed by atoms with E-state index >= 15 is 0 Å². The van der Waals surface area contributed by atoms with Crippen LogP contribution in [0.1, 0.15) is 25.5 Å². The van der Waals surface area contributed by atoms with Gasteiger partial charge in [-0.1, -0.05) is 0 Å². The highest BCUT2D eigenvalue weighted by atomic mass is 32.2. The Labute approximate surface area is 210 Å². The number of amides is 1. The molecule has 192 valence electrons. The molecule has 0 radical (unpaired) electrons. The van der Waals surface area contributed by atoms with E-state index in [1.165, 1.54) is 50.6 Å². The van der Waals surface area contributed by atoms with E-state index in [0.717, 1.165) is 16.4 Å². The molecule has 0 bridgehead atoms. The lowest BCUT2D eigenvalue weighted by Gasteiger charge is -2.25. The van der Waals surface area contributed by atoms with E-state index < -0.39 is 34.3 Å². The Morgan fingerprint density at radius 1 is 0.972 bits per heavy atom. The molecule has 3 aromatic rings. The van der Waals surface area contributed by atoms with E-state index in [1.54, 1.807) is 25.1 Å². The Morgan fingerprint density at radius 3 is 2.19 bits per heavy atom. The molecular weight excluding hydrogens is 487 g/mol. The van der Waals surface area contributed by atoms with Crippen LogP contribution in [0.4, 0.5) is 10.1 Å². The molecule has 3 rings (SSSR count). The van der Waals surface area contributed by atoms with Gasteiger partial charge in [0.15, 0.2) is 0 Å². The van der Waals surface area contributed by atoms with Gasteiger partial charge in [0.05, 0.1) is 37.5 Å². The predicted molar refractivity (Wildman–Crippen MR) is 135 cm³/mol. The molecule has 36 heavy (non-hydrogen) atoms. The van der Waals surface area contributed by atoms with Crippen molar-refractivity contribution in [2.24, 2.45) is 0 Å². The number of methoxy groups -OCH3 is 2. The van der Waals surface area contributed by atoms with Crippen molar-refractivity contribution in [1.82, 2.24) is 5.32 Å². The lowest BCUT2D eigenvalue weighted by Crippen LogP contribution is -2.41. The maximum absolute atomic E-state index is 13.6. The second-order valence-corrected chi connectivity index (χ2v) is 9.65. The van der Waals surface area contributed by atoms with E-state index in [1.807, 2.05) is 6.92 Å². The first kappa shape index (κ1) is 26.8. The van der Waals surface area contributed by atoms with Crippen molar-refractivity contribution in [3.8, 4) is 17.2 Å². The zero-order valence-corrected chi connectivity index (χ0v) is 21.3. The SMILES string of the molecule is CCOc1ccc(S(=O)(=O)N(CC(=O)N[C@@H](C)c2cc(OC)ccc2OC)c2ccc(F)cc2)cc1. The van der Waals surface area contributed by atoms with Crippen LogP contribution in [-0.2, 0) is 14.8 Å². The number of hydrogen-bond acceptors (Lipinski definition) is 6. The standard InChI is InChI=1S/C26H29FN2O6S/c1-5-35-21-10-13-23(14-11-21)36(31,32)29(20-8-6-19(27)7-9-20)17-26(30)28-18(2)24-16-22(33-3)12-15-25(24)34-4/h6-16,18H,5,17H2,1-4H3,(H,28,30)/t18-/m0/s1. The lowest BCUT2D eigenvalue weighted by atomic mass is 10.1. The Bertz CT molecular complexity index is 1280. The second-order valence-electron chi connectivity index (χ2n) is 7.79. The van der Waals surface area contributed by atoms with Crippen molar-refractivity contribution in [2.75, 3.05) is 31.7 Å². The molecule has 0 fully saturated rings. The number of halogens is 1. The highest BCUT2D eigenvalue weighted by Crippen LogP contribution is 2.30.